The fourth-order valence-electron chi connectivity index (χ4n) is 2.40. The number of carbonyl (C=O) groups excluding carboxylic acids is 1. The average Bonchev–Trinajstić information content (AvgIpc) is 2.66. The molecule has 146 valence electrons. The molecule has 0 saturated carbocycles. The topological polar surface area (TPSA) is 81.2 Å². The van der Waals surface area contributed by atoms with Gasteiger partial charge in [0.25, 0.3) is 0 Å². The Morgan fingerprint density at radius 2 is 2.00 bits per heavy atom. The maximum Gasteiger partial charge on any atom is 0.310 e. The molecule has 0 spiro atoms. The fraction of sp³-hybridized carbons (Fsp3) is 0.579. The minimum absolute atomic E-state index is 0.227. The molecule has 1 aromatic rings. The molecule has 1 rings (SSSR count). The molecule has 0 aliphatic heterocycles. The predicted molar refractivity (Wildman–Crippen MR) is 103 cm³/mol. The molecular weight excluding hydrogens is 334 g/mol. The van der Waals surface area contributed by atoms with Crippen molar-refractivity contribution in [3.05, 3.63) is 23.8 Å². The highest BCUT2D eigenvalue weighted by molar-refractivity contribution is 5.80. The van der Waals surface area contributed by atoms with Gasteiger partial charge in [0.05, 0.1) is 26.7 Å². The molecule has 1 atom stereocenters. The van der Waals surface area contributed by atoms with Crippen LogP contribution in [0.15, 0.2) is 23.2 Å². The molecular formula is C19H31N3O4. The summed E-state index contributed by atoms with van der Waals surface area (Å²) in [5.74, 6) is 1.73. The highest BCUT2D eigenvalue weighted by Crippen LogP contribution is 2.28. The molecule has 0 aliphatic carbocycles. The highest BCUT2D eigenvalue weighted by Gasteiger charge is 2.13. The Labute approximate surface area is 156 Å². The quantitative estimate of drug-likeness (QED) is 0.286. The van der Waals surface area contributed by atoms with Crippen LogP contribution in [0.1, 0.15) is 25.8 Å². The van der Waals surface area contributed by atoms with Gasteiger partial charge in [-0.15, -0.1) is 0 Å². The second kappa shape index (κ2) is 12.0. The molecule has 2 N–H and O–H groups in total. The maximum absolute atomic E-state index is 11.4. The summed E-state index contributed by atoms with van der Waals surface area (Å²) in [7, 11) is 4.74. The van der Waals surface area contributed by atoms with Crippen molar-refractivity contribution in [1.29, 1.82) is 0 Å². The van der Waals surface area contributed by atoms with Gasteiger partial charge in [-0.1, -0.05) is 13.0 Å². The minimum Gasteiger partial charge on any atom is -0.493 e. The molecule has 7 heteroatoms. The van der Waals surface area contributed by atoms with E-state index >= 15 is 0 Å². The van der Waals surface area contributed by atoms with Gasteiger partial charge in [0.15, 0.2) is 17.5 Å². The van der Waals surface area contributed by atoms with Crippen molar-refractivity contribution in [2.75, 3.05) is 41.0 Å². The Morgan fingerprint density at radius 3 is 2.62 bits per heavy atom. The molecule has 0 fully saturated rings. The first-order valence-corrected chi connectivity index (χ1v) is 8.87. The number of hydrogen-bond acceptors (Lipinski definition) is 5. The van der Waals surface area contributed by atoms with E-state index in [0.29, 0.717) is 19.1 Å². The monoisotopic (exact) mass is 365 g/mol. The van der Waals surface area contributed by atoms with Crippen LogP contribution in [0.2, 0.25) is 0 Å². The van der Waals surface area contributed by atoms with E-state index in [4.69, 9.17) is 14.2 Å². The van der Waals surface area contributed by atoms with Crippen molar-refractivity contribution in [2.45, 2.75) is 26.7 Å². The number of aryl methyl sites for hydroxylation is 1. The van der Waals surface area contributed by atoms with Crippen LogP contribution in [-0.4, -0.2) is 52.9 Å². The number of hydrogen-bond donors (Lipinski definition) is 2. The Morgan fingerprint density at radius 1 is 1.23 bits per heavy atom. The molecule has 1 unspecified atom stereocenters. The van der Waals surface area contributed by atoms with Crippen molar-refractivity contribution in [2.24, 2.45) is 10.9 Å². The van der Waals surface area contributed by atoms with E-state index in [1.54, 1.807) is 14.2 Å². The lowest BCUT2D eigenvalue weighted by molar-refractivity contribution is -0.144. The van der Waals surface area contributed by atoms with Crippen LogP contribution in [0, 0.1) is 5.92 Å². The van der Waals surface area contributed by atoms with Crippen LogP contribution in [0.3, 0.4) is 0 Å². The van der Waals surface area contributed by atoms with Crippen LogP contribution < -0.4 is 20.1 Å². The molecule has 0 bridgehead atoms. The first-order chi connectivity index (χ1) is 12.5. The Bertz CT molecular complexity index is 590. The van der Waals surface area contributed by atoms with Crippen LogP contribution in [-0.2, 0) is 16.0 Å². The van der Waals surface area contributed by atoms with Crippen LogP contribution in [0.4, 0.5) is 0 Å². The Hall–Kier alpha value is -2.44. The zero-order chi connectivity index (χ0) is 19.4. The van der Waals surface area contributed by atoms with Gasteiger partial charge >= 0.3 is 5.97 Å². The van der Waals surface area contributed by atoms with E-state index < -0.39 is 0 Å². The van der Waals surface area contributed by atoms with Gasteiger partial charge in [0.2, 0.25) is 0 Å². The zero-order valence-corrected chi connectivity index (χ0v) is 16.4. The lowest BCUT2D eigenvalue weighted by atomic mass is 10.1. The first kappa shape index (κ1) is 21.6. The summed E-state index contributed by atoms with van der Waals surface area (Å²) in [6.45, 7) is 5.61. The van der Waals surface area contributed by atoms with Gasteiger partial charge in [-0.25, -0.2) is 0 Å². The van der Waals surface area contributed by atoms with Crippen molar-refractivity contribution < 1.29 is 19.0 Å². The predicted octanol–water partition coefficient (Wildman–Crippen LogP) is 2.00. The summed E-state index contributed by atoms with van der Waals surface area (Å²) in [6.07, 6.45) is 1.85. The van der Waals surface area contributed by atoms with Gasteiger partial charge in [0, 0.05) is 20.1 Å². The van der Waals surface area contributed by atoms with Gasteiger partial charge in [0.1, 0.15) is 0 Å². The minimum atomic E-state index is -0.238. The van der Waals surface area contributed by atoms with Crippen LogP contribution >= 0.6 is 0 Å². The number of esters is 1. The number of rotatable bonds is 10. The summed E-state index contributed by atoms with van der Waals surface area (Å²) < 4.78 is 15.6. The summed E-state index contributed by atoms with van der Waals surface area (Å²) >= 11 is 0. The van der Waals surface area contributed by atoms with Gasteiger partial charge in [-0.3, -0.25) is 9.79 Å². The molecule has 0 aliphatic rings. The molecule has 7 nitrogen and oxygen atoms in total. The highest BCUT2D eigenvalue weighted by atomic mass is 16.5. The summed E-state index contributed by atoms with van der Waals surface area (Å²) in [5, 5.41) is 6.37. The third-order valence-corrected chi connectivity index (χ3v) is 3.87. The smallest absolute Gasteiger partial charge is 0.310 e. The SMILES string of the molecule is CCOc1cc(CCCNC(=NC)NCC(C)C(=O)OC)ccc1OC. The van der Waals surface area contributed by atoms with Gasteiger partial charge < -0.3 is 24.8 Å². The van der Waals surface area contributed by atoms with E-state index in [9.17, 15) is 4.79 Å². The molecule has 26 heavy (non-hydrogen) atoms. The molecule has 1 aromatic carbocycles. The molecule has 0 heterocycles. The van der Waals surface area contributed by atoms with Crippen LogP contribution in [0.5, 0.6) is 11.5 Å². The number of nitrogens with zero attached hydrogens (tertiary/aromatic N) is 1. The number of nitrogens with one attached hydrogen (secondary N) is 2. The molecule has 0 saturated heterocycles. The Balaban J connectivity index is 2.40. The summed E-state index contributed by atoms with van der Waals surface area (Å²) in [6, 6.07) is 6.00. The zero-order valence-electron chi connectivity index (χ0n) is 16.4. The lowest BCUT2D eigenvalue weighted by Crippen LogP contribution is -2.41. The van der Waals surface area contributed by atoms with Crippen LogP contribution in [0.25, 0.3) is 0 Å². The molecule has 0 amide bonds. The average molecular weight is 365 g/mol. The van der Waals surface area contributed by atoms with Crippen molar-refractivity contribution >= 4 is 11.9 Å². The van der Waals surface area contributed by atoms with E-state index in [1.807, 2.05) is 32.0 Å². The lowest BCUT2D eigenvalue weighted by Gasteiger charge is -2.15. The fourth-order valence-corrected chi connectivity index (χ4v) is 2.40. The molecule has 0 radical (unpaired) electrons. The van der Waals surface area contributed by atoms with Crippen molar-refractivity contribution in [1.82, 2.24) is 10.6 Å². The second-order valence-corrected chi connectivity index (χ2v) is 5.83. The maximum atomic E-state index is 11.4. The number of ether oxygens (including phenoxy) is 3. The number of methoxy groups -OCH3 is 2. The largest absolute Gasteiger partial charge is 0.493 e. The third kappa shape index (κ3) is 7.21. The van der Waals surface area contributed by atoms with E-state index in [-0.39, 0.29) is 11.9 Å². The van der Waals surface area contributed by atoms with E-state index in [1.165, 1.54) is 12.7 Å². The number of guanidine groups is 1. The number of carbonyl (C=O) groups is 1. The summed E-state index contributed by atoms with van der Waals surface area (Å²) in [5.41, 5.74) is 1.19. The standard InChI is InChI=1S/C19H31N3O4/c1-6-26-17-12-15(9-10-16(17)24-4)8-7-11-21-19(20-3)22-13-14(2)18(23)25-5/h9-10,12,14H,6-8,11,13H2,1-5H3,(H2,20,21,22). The van der Waals surface area contributed by atoms with Crippen molar-refractivity contribution in [3.63, 3.8) is 0 Å². The number of aliphatic imine (C=N–C) groups is 1. The normalized spacial score (nSPS) is 12.3. The summed E-state index contributed by atoms with van der Waals surface area (Å²) in [4.78, 5) is 15.6. The van der Waals surface area contributed by atoms with Crippen molar-refractivity contribution in [3.8, 4) is 11.5 Å². The number of benzene rings is 1. The van der Waals surface area contributed by atoms with Gasteiger partial charge in [-0.05, 0) is 37.5 Å². The van der Waals surface area contributed by atoms with E-state index in [0.717, 1.165) is 30.9 Å². The third-order valence-electron chi connectivity index (χ3n) is 3.87. The van der Waals surface area contributed by atoms with E-state index in [2.05, 4.69) is 15.6 Å². The Kier molecular flexibility index (Phi) is 9.97. The molecule has 0 aromatic heterocycles. The van der Waals surface area contributed by atoms with Gasteiger partial charge in [-0.2, -0.15) is 0 Å². The second-order valence-electron chi connectivity index (χ2n) is 5.83. The first-order valence-electron chi connectivity index (χ1n) is 8.87.